The number of piperidine rings is 2. The second kappa shape index (κ2) is 12.5. The highest BCUT2D eigenvalue weighted by Gasteiger charge is 2.36. The number of benzene rings is 3. The van der Waals surface area contributed by atoms with Crippen molar-refractivity contribution >= 4 is 23.2 Å². The van der Waals surface area contributed by atoms with Gasteiger partial charge in [-0.05, 0) is 79.5 Å². The van der Waals surface area contributed by atoms with Crippen molar-refractivity contribution in [1.29, 1.82) is 0 Å². The standard InChI is InChI=1S/C37H36F2N4O3/c38-29-8-4-9-30(39)35(29)36(45)40-31-20-27(37(46)41-16-14-25(15-17-41)18-24-6-2-1-3-7-24)12-13-33(31)42-21-26-19-28(23-42)32-10-5-11-34(44)43(32)22-26/h1-13,20,25-26,28H,14-19,21-23H2,(H,40,45). The van der Waals surface area contributed by atoms with E-state index < -0.39 is 23.1 Å². The van der Waals surface area contributed by atoms with Crippen molar-refractivity contribution in [3.8, 4) is 0 Å². The molecule has 2 unspecified atom stereocenters. The molecule has 2 fully saturated rings. The minimum Gasteiger partial charge on any atom is -0.369 e. The highest BCUT2D eigenvalue weighted by molar-refractivity contribution is 6.07. The molecule has 9 heteroatoms. The van der Waals surface area contributed by atoms with Gasteiger partial charge in [0, 0.05) is 56.0 Å². The molecule has 236 valence electrons. The van der Waals surface area contributed by atoms with Gasteiger partial charge in [-0.1, -0.05) is 42.5 Å². The fraction of sp³-hybridized carbons (Fsp3) is 0.324. The SMILES string of the molecule is O=C(Nc1cc(C(=O)N2CCC(Cc3ccccc3)CC2)ccc1N1CC2CC(C1)c1cccc(=O)n1C2)c1c(F)cccc1F. The van der Waals surface area contributed by atoms with E-state index in [0.29, 0.717) is 55.6 Å². The molecule has 2 amide bonds. The fourth-order valence-electron chi connectivity index (χ4n) is 7.51. The topological polar surface area (TPSA) is 74.7 Å². The smallest absolute Gasteiger partial charge is 0.261 e. The lowest BCUT2D eigenvalue weighted by Gasteiger charge is -2.44. The normalized spacial score (nSPS) is 19.4. The van der Waals surface area contributed by atoms with Gasteiger partial charge < -0.3 is 19.7 Å². The van der Waals surface area contributed by atoms with E-state index in [1.54, 1.807) is 24.3 Å². The number of pyridine rings is 1. The zero-order chi connectivity index (χ0) is 31.8. The van der Waals surface area contributed by atoms with E-state index in [2.05, 4.69) is 22.3 Å². The molecule has 3 aromatic carbocycles. The summed E-state index contributed by atoms with van der Waals surface area (Å²) >= 11 is 0. The highest BCUT2D eigenvalue weighted by atomic mass is 19.1. The van der Waals surface area contributed by atoms with Gasteiger partial charge >= 0.3 is 0 Å². The molecule has 4 aromatic rings. The second-order valence-electron chi connectivity index (χ2n) is 12.8. The van der Waals surface area contributed by atoms with Gasteiger partial charge in [-0.3, -0.25) is 14.4 Å². The van der Waals surface area contributed by atoms with Crippen LogP contribution in [0.3, 0.4) is 0 Å². The summed E-state index contributed by atoms with van der Waals surface area (Å²) in [5.41, 5.74) is 3.00. The molecule has 0 saturated carbocycles. The maximum Gasteiger partial charge on any atom is 0.261 e. The fourth-order valence-corrected chi connectivity index (χ4v) is 7.51. The molecular weight excluding hydrogens is 586 g/mol. The lowest BCUT2D eigenvalue weighted by molar-refractivity contribution is 0.0690. The van der Waals surface area contributed by atoms with Crippen LogP contribution in [-0.2, 0) is 13.0 Å². The Hall–Kier alpha value is -4.79. The molecule has 0 spiro atoms. The Morgan fingerprint density at radius 2 is 1.57 bits per heavy atom. The molecule has 7 nitrogen and oxygen atoms in total. The maximum absolute atomic E-state index is 14.6. The zero-order valence-electron chi connectivity index (χ0n) is 25.5. The van der Waals surface area contributed by atoms with Gasteiger partial charge in [0.15, 0.2) is 0 Å². The number of amides is 2. The molecule has 4 heterocycles. The molecule has 1 N–H and O–H groups in total. The molecular formula is C37H36F2N4O3. The number of likely N-dealkylation sites (tertiary alicyclic amines) is 1. The summed E-state index contributed by atoms with van der Waals surface area (Å²) in [5.74, 6) is -2.17. The zero-order valence-corrected chi connectivity index (χ0v) is 25.5. The number of rotatable bonds is 6. The number of nitrogens with one attached hydrogen (secondary N) is 1. The number of carbonyl (C=O) groups is 2. The van der Waals surface area contributed by atoms with Gasteiger partial charge in [0.05, 0.1) is 11.4 Å². The van der Waals surface area contributed by atoms with E-state index in [1.165, 1.54) is 11.6 Å². The average molecular weight is 623 g/mol. The van der Waals surface area contributed by atoms with Crippen LogP contribution in [0.2, 0.25) is 0 Å². The quantitative estimate of drug-likeness (QED) is 0.282. The average Bonchev–Trinajstić information content (AvgIpc) is 3.05. The molecule has 0 radical (unpaired) electrons. The van der Waals surface area contributed by atoms with Crippen LogP contribution in [0.15, 0.2) is 89.7 Å². The first-order chi connectivity index (χ1) is 22.3. The first-order valence-corrected chi connectivity index (χ1v) is 16.0. The first-order valence-electron chi connectivity index (χ1n) is 16.0. The highest BCUT2D eigenvalue weighted by Crippen LogP contribution is 2.40. The Labute approximate surface area is 266 Å². The Bertz CT molecular complexity index is 1810. The second-order valence-corrected chi connectivity index (χ2v) is 12.8. The monoisotopic (exact) mass is 622 g/mol. The summed E-state index contributed by atoms with van der Waals surface area (Å²) in [5, 5.41) is 2.75. The molecule has 2 bridgehead atoms. The summed E-state index contributed by atoms with van der Waals surface area (Å²) in [6.45, 7) is 3.10. The van der Waals surface area contributed by atoms with Crippen LogP contribution in [0.25, 0.3) is 0 Å². The van der Waals surface area contributed by atoms with Crippen molar-refractivity contribution in [3.63, 3.8) is 0 Å². The number of aromatic nitrogens is 1. The van der Waals surface area contributed by atoms with Crippen LogP contribution < -0.4 is 15.8 Å². The van der Waals surface area contributed by atoms with Crippen LogP contribution in [0.4, 0.5) is 20.2 Å². The molecule has 3 aliphatic rings. The van der Waals surface area contributed by atoms with Crippen molar-refractivity contribution in [2.24, 2.45) is 11.8 Å². The summed E-state index contributed by atoms with van der Waals surface area (Å²) in [7, 11) is 0. The summed E-state index contributed by atoms with van der Waals surface area (Å²) < 4.78 is 31.1. The van der Waals surface area contributed by atoms with Gasteiger partial charge in [-0.25, -0.2) is 8.78 Å². The van der Waals surface area contributed by atoms with Crippen LogP contribution in [0.1, 0.15) is 57.2 Å². The van der Waals surface area contributed by atoms with Crippen molar-refractivity contribution in [3.05, 3.63) is 129 Å². The maximum atomic E-state index is 14.6. The van der Waals surface area contributed by atoms with E-state index >= 15 is 0 Å². The Balaban J connectivity index is 1.15. The third kappa shape index (κ3) is 5.94. The minimum atomic E-state index is -0.959. The Morgan fingerprint density at radius 3 is 2.33 bits per heavy atom. The van der Waals surface area contributed by atoms with Gasteiger partial charge in [-0.2, -0.15) is 0 Å². The molecule has 7 rings (SSSR count). The van der Waals surface area contributed by atoms with Crippen LogP contribution in [0, 0.1) is 23.5 Å². The van der Waals surface area contributed by atoms with Gasteiger partial charge in [-0.15, -0.1) is 0 Å². The number of fused-ring (bicyclic) bond motifs is 4. The summed E-state index contributed by atoms with van der Waals surface area (Å²) in [4.78, 5) is 43.6. The molecule has 46 heavy (non-hydrogen) atoms. The number of anilines is 2. The Kier molecular flexibility index (Phi) is 8.15. The number of carbonyl (C=O) groups excluding carboxylic acids is 2. The Morgan fingerprint density at radius 1 is 0.826 bits per heavy atom. The van der Waals surface area contributed by atoms with E-state index in [0.717, 1.165) is 43.5 Å². The number of hydrogen-bond acceptors (Lipinski definition) is 4. The van der Waals surface area contributed by atoms with Crippen molar-refractivity contribution in [2.45, 2.75) is 38.1 Å². The van der Waals surface area contributed by atoms with Crippen molar-refractivity contribution in [1.82, 2.24) is 9.47 Å². The summed E-state index contributed by atoms with van der Waals surface area (Å²) in [6.07, 6.45) is 3.72. The van der Waals surface area contributed by atoms with E-state index in [9.17, 15) is 23.2 Å². The largest absolute Gasteiger partial charge is 0.369 e. The van der Waals surface area contributed by atoms with Gasteiger partial charge in [0.1, 0.15) is 17.2 Å². The number of hydrogen-bond donors (Lipinski definition) is 1. The molecule has 3 aliphatic heterocycles. The van der Waals surface area contributed by atoms with E-state index in [4.69, 9.17) is 0 Å². The van der Waals surface area contributed by atoms with E-state index in [1.807, 2.05) is 39.8 Å². The van der Waals surface area contributed by atoms with Gasteiger partial charge in [0.2, 0.25) is 0 Å². The lowest BCUT2D eigenvalue weighted by atomic mass is 9.83. The van der Waals surface area contributed by atoms with E-state index in [-0.39, 0.29) is 23.3 Å². The molecule has 0 aliphatic carbocycles. The third-order valence-electron chi connectivity index (χ3n) is 9.77. The van der Waals surface area contributed by atoms with Gasteiger partial charge in [0.25, 0.3) is 17.4 Å². The predicted octanol–water partition coefficient (Wildman–Crippen LogP) is 6.10. The van der Waals surface area contributed by atoms with Crippen LogP contribution in [0.5, 0.6) is 0 Å². The molecule has 2 atom stereocenters. The van der Waals surface area contributed by atoms with Crippen molar-refractivity contribution in [2.75, 3.05) is 36.4 Å². The number of nitrogens with zero attached hydrogens (tertiary/aromatic N) is 3. The molecule has 2 saturated heterocycles. The van der Waals surface area contributed by atoms with Crippen LogP contribution >= 0.6 is 0 Å². The number of halogens is 2. The third-order valence-corrected chi connectivity index (χ3v) is 9.77. The first kappa shape index (κ1) is 29.9. The summed E-state index contributed by atoms with van der Waals surface area (Å²) in [6, 6.07) is 24.3. The predicted molar refractivity (Wildman–Crippen MR) is 173 cm³/mol. The lowest BCUT2D eigenvalue weighted by Crippen LogP contribution is -2.47. The van der Waals surface area contributed by atoms with Crippen LogP contribution in [-0.4, -0.2) is 47.5 Å². The van der Waals surface area contributed by atoms with Crippen molar-refractivity contribution < 1.29 is 18.4 Å². The molecule has 1 aromatic heterocycles. The minimum absolute atomic E-state index is 0.00696.